The number of hydrogen-bond donors (Lipinski definition) is 1. The molecule has 86 valence electrons. The summed E-state index contributed by atoms with van der Waals surface area (Å²) in [6.07, 6.45) is 0.115. The van der Waals surface area contributed by atoms with E-state index < -0.39 is 5.60 Å². The van der Waals surface area contributed by atoms with Crippen LogP contribution in [0.2, 0.25) is 0 Å². The van der Waals surface area contributed by atoms with Gasteiger partial charge in [0.25, 0.3) is 0 Å². The smallest absolute Gasteiger partial charge is 0.0648 e. The fraction of sp³-hybridized carbons (Fsp3) is 1.00. The standard InChI is InChI=1S/C12H26O2/c1-9(14-8)10(2,3)11(4,5)12(6,7)13/h9,13H,1-8H3. The lowest BCUT2D eigenvalue weighted by Crippen LogP contribution is -2.53. The Morgan fingerprint density at radius 1 is 1.00 bits per heavy atom. The van der Waals surface area contributed by atoms with Crippen molar-refractivity contribution < 1.29 is 9.84 Å². The van der Waals surface area contributed by atoms with E-state index in [1.165, 1.54) is 0 Å². The highest BCUT2D eigenvalue weighted by Crippen LogP contribution is 2.49. The van der Waals surface area contributed by atoms with Crippen molar-refractivity contribution in [2.75, 3.05) is 7.11 Å². The molecule has 0 saturated carbocycles. The molecule has 0 bridgehead atoms. The van der Waals surface area contributed by atoms with Gasteiger partial charge in [-0.15, -0.1) is 0 Å². The molecule has 1 N–H and O–H groups in total. The van der Waals surface area contributed by atoms with Crippen LogP contribution < -0.4 is 0 Å². The van der Waals surface area contributed by atoms with Gasteiger partial charge in [-0.25, -0.2) is 0 Å². The molecule has 2 nitrogen and oxygen atoms in total. The number of rotatable bonds is 4. The number of aliphatic hydroxyl groups is 1. The minimum absolute atomic E-state index is 0.0833. The molecular weight excluding hydrogens is 176 g/mol. The van der Waals surface area contributed by atoms with Gasteiger partial charge in [0.2, 0.25) is 0 Å². The monoisotopic (exact) mass is 202 g/mol. The minimum Gasteiger partial charge on any atom is -0.390 e. The van der Waals surface area contributed by atoms with E-state index in [1.54, 1.807) is 7.11 Å². The van der Waals surface area contributed by atoms with Crippen LogP contribution >= 0.6 is 0 Å². The van der Waals surface area contributed by atoms with Crippen LogP contribution in [0.3, 0.4) is 0 Å². The van der Waals surface area contributed by atoms with E-state index in [0.717, 1.165) is 0 Å². The van der Waals surface area contributed by atoms with E-state index in [0.29, 0.717) is 0 Å². The first-order valence-electron chi connectivity index (χ1n) is 5.23. The lowest BCUT2D eigenvalue weighted by molar-refractivity contribution is -0.146. The van der Waals surface area contributed by atoms with E-state index in [1.807, 2.05) is 20.8 Å². The van der Waals surface area contributed by atoms with E-state index in [4.69, 9.17) is 4.74 Å². The van der Waals surface area contributed by atoms with Gasteiger partial charge < -0.3 is 9.84 Å². The summed E-state index contributed by atoms with van der Waals surface area (Å²) in [6.45, 7) is 14.2. The normalized spacial score (nSPS) is 16.9. The molecule has 0 aromatic heterocycles. The summed E-state index contributed by atoms with van der Waals surface area (Å²) in [7, 11) is 1.72. The van der Waals surface area contributed by atoms with Crippen molar-refractivity contribution in [1.82, 2.24) is 0 Å². The van der Waals surface area contributed by atoms with Crippen LogP contribution in [0.5, 0.6) is 0 Å². The second-order valence-corrected chi connectivity index (χ2v) is 5.78. The molecule has 0 spiro atoms. The van der Waals surface area contributed by atoms with Gasteiger partial charge in [0.1, 0.15) is 0 Å². The van der Waals surface area contributed by atoms with Gasteiger partial charge in [0.15, 0.2) is 0 Å². The van der Waals surface area contributed by atoms with Gasteiger partial charge in [-0.1, -0.05) is 27.7 Å². The first-order valence-corrected chi connectivity index (χ1v) is 5.23. The Labute approximate surface area is 88.7 Å². The number of methoxy groups -OCH3 is 1. The largest absolute Gasteiger partial charge is 0.390 e. The van der Waals surface area contributed by atoms with Crippen LogP contribution in [0.15, 0.2) is 0 Å². The molecule has 0 amide bonds. The number of ether oxygens (including phenoxy) is 1. The fourth-order valence-corrected chi connectivity index (χ4v) is 1.59. The lowest BCUT2D eigenvalue weighted by Gasteiger charge is -2.51. The van der Waals surface area contributed by atoms with Crippen LogP contribution in [0, 0.1) is 10.8 Å². The summed E-state index contributed by atoms with van der Waals surface area (Å²) in [5, 5.41) is 10.2. The van der Waals surface area contributed by atoms with Crippen LogP contribution in [0.4, 0.5) is 0 Å². The summed E-state index contributed by atoms with van der Waals surface area (Å²) in [5.74, 6) is 0. The van der Waals surface area contributed by atoms with Crippen molar-refractivity contribution in [1.29, 1.82) is 0 Å². The zero-order chi connectivity index (χ0) is 11.8. The summed E-state index contributed by atoms with van der Waals surface area (Å²) < 4.78 is 5.39. The van der Waals surface area contributed by atoms with Gasteiger partial charge in [-0.3, -0.25) is 0 Å². The average molecular weight is 202 g/mol. The highest BCUT2D eigenvalue weighted by molar-refractivity contribution is 4.99. The molecule has 0 aliphatic rings. The molecule has 0 heterocycles. The topological polar surface area (TPSA) is 29.5 Å². The predicted octanol–water partition coefficient (Wildman–Crippen LogP) is 2.84. The van der Waals surface area contributed by atoms with E-state index in [2.05, 4.69) is 27.7 Å². The van der Waals surface area contributed by atoms with E-state index in [-0.39, 0.29) is 16.9 Å². The maximum Gasteiger partial charge on any atom is 0.0648 e. The Kier molecular flexibility index (Phi) is 3.80. The third kappa shape index (κ3) is 2.12. The average Bonchev–Trinajstić information content (AvgIpc) is 2.00. The zero-order valence-electron chi connectivity index (χ0n) is 10.9. The summed E-state index contributed by atoms with van der Waals surface area (Å²) in [6, 6.07) is 0. The zero-order valence-corrected chi connectivity index (χ0v) is 10.9. The van der Waals surface area contributed by atoms with Crippen molar-refractivity contribution in [3.05, 3.63) is 0 Å². The van der Waals surface area contributed by atoms with Crippen LogP contribution in [0.1, 0.15) is 48.5 Å². The minimum atomic E-state index is -0.719. The Balaban J connectivity index is 5.07. The first kappa shape index (κ1) is 13.9. The molecule has 0 aromatic carbocycles. The SMILES string of the molecule is COC(C)C(C)(C)C(C)(C)C(C)(C)O. The van der Waals surface area contributed by atoms with E-state index >= 15 is 0 Å². The van der Waals surface area contributed by atoms with Crippen LogP contribution in [-0.2, 0) is 4.74 Å². The van der Waals surface area contributed by atoms with Crippen molar-refractivity contribution in [2.45, 2.75) is 60.2 Å². The third-order valence-corrected chi connectivity index (χ3v) is 4.51. The summed E-state index contributed by atoms with van der Waals surface area (Å²) >= 11 is 0. The summed E-state index contributed by atoms with van der Waals surface area (Å²) in [5.41, 5.74) is -1.02. The summed E-state index contributed by atoms with van der Waals surface area (Å²) in [4.78, 5) is 0. The van der Waals surface area contributed by atoms with Gasteiger partial charge in [0.05, 0.1) is 11.7 Å². The third-order valence-electron chi connectivity index (χ3n) is 4.51. The molecule has 0 rings (SSSR count). The molecule has 2 heteroatoms. The Morgan fingerprint density at radius 3 is 1.57 bits per heavy atom. The van der Waals surface area contributed by atoms with Crippen molar-refractivity contribution in [3.63, 3.8) is 0 Å². The Hall–Kier alpha value is -0.0800. The molecule has 1 atom stereocenters. The van der Waals surface area contributed by atoms with Crippen LogP contribution in [-0.4, -0.2) is 23.9 Å². The maximum absolute atomic E-state index is 10.2. The molecule has 0 fully saturated rings. The predicted molar refractivity (Wildman–Crippen MR) is 60.3 cm³/mol. The quantitative estimate of drug-likeness (QED) is 0.759. The fourth-order valence-electron chi connectivity index (χ4n) is 1.59. The van der Waals surface area contributed by atoms with Gasteiger partial charge in [0, 0.05) is 12.5 Å². The molecule has 0 aliphatic carbocycles. The highest BCUT2D eigenvalue weighted by atomic mass is 16.5. The van der Waals surface area contributed by atoms with Crippen molar-refractivity contribution in [3.8, 4) is 0 Å². The van der Waals surface area contributed by atoms with Gasteiger partial charge in [-0.05, 0) is 26.2 Å². The number of hydrogen-bond acceptors (Lipinski definition) is 2. The Morgan fingerprint density at radius 2 is 1.36 bits per heavy atom. The molecule has 1 unspecified atom stereocenters. The molecule has 0 aliphatic heterocycles. The molecule has 14 heavy (non-hydrogen) atoms. The lowest BCUT2D eigenvalue weighted by atomic mass is 9.58. The molecule has 0 saturated heterocycles. The second-order valence-electron chi connectivity index (χ2n) is 5.78. The van der Waals surface area contributed by atoms with Gasteiger partial charge in [-0.2, -0.15) is 0 Å². The van der Waals surface area contributed by atoms with Crippen molar-refractivity contribution >= 4 is 0 Å². The Bertz CT molecular complexity index is 187. The van der Waals surface area contributed by atoms with E-state index in [9.17, 15) is 5.11 Å². The van der Waals surface area contributed by atoms with Crippen molar-refractivity contribution in [2.24, 2.45) is 10.8 Å². The molecule has 0 aromatic rings. The highest BCUT2D eigenvalue weighted by Gasteiger charge is 2.49. The second kappa shape index (κ2) is 3.82. The maximum atomic E-state index is 10.2. The first-order chi connectivity index (χ1) is 5.98. The van der Waals surface area contributed by atoms with Crippen LogP contribution in [0.25, 0.3) is 0 Å². The van der Waals surface area contributed by atoms with Gasteiger partial charge >= 0.3 is 0 Å². The molecule has 0 radical (unpaired) electrons. The molecular formula is C12H26O2.